The first-order chi connectivity index (χ1) is 9.17. The summed E-state index contributed by atoms with van der Waals surface area (Å²) >= 11 is 0. The second-order valence-electron chi connectivity index (χ2n) is 6.37. The van der Waals surface area contributed by atoms with Gasteiger partial charge in [-0.05, 0) is 45.2 Å². The van der Waals surface area contributed by atoms with Crippen LogP contribution in [0.2, 0.25) is 0 Å². The Hall–Kier alpha value is -1.75. The van der Waals surface area contributed by atoms with E-state index in [1.807, 2.05) is 0 Å². The number of hydrogen-bond acceptors (Lipinski definition) is 4. The van der Waals surface area contributed by atoms with Crippen LogP contribution >= 0.6 is 0 Å². The average Bonchev–Trinajstić information content (AvgIpc) is 2.98. The smallest absolute Gasteiger partial charge is 0.412 e. The first-order valence-electron chi connectivity index (χ1n) is 6.71. The number of rotatable bonds is 3. The summed E-state index contributed by atoms with van der Waals surface area (Å²) in [4.78, 5) is 11.6. The van der Waals surface area contributed by atoms with Crippen molar-refractivity contribution in [1.29, 1.82) is 0 Å². The molecule has 5 nitrogen and oxygen atoms in total. The Kier molecular flexibility index (Phi) is 3.65. The van der Waals surface area contributed by atoms with E-state index in [0.717, 1.165) is 12.8 Å². The molecule has 0 radical (unpaired) electrons. The van der Waals surface area contributed by atoms with E-state index >= 15 is 0 Å². The molecular weight excluding hydrogens is 258 g/mol. The molecule has 1 fully saturated rings. The number of phenolic OH excluding ortho intramolecular Hbond substituents is 1. The van der Waals surface area contributed by atoms with Gasteiger partial charge in [0.15, 0.2) is 0 Å². The molecule has 2 rings (SSSR count). The highest BCUT2D eigenvalue weighted by Gasteiger charge is 2.40. The number of hydrogen-bond donors (Lipinski definition) is 3. The van der Waals surface area contributed by atoms with Gasteiger partial charge in [0.1, 0.15) is 11.4 Å². The zero-order valence-corrected chi connectivity index (χ0v) is 12.1. The highest BCUT2D eigenvalue weighted by molar-refractivity contribution is 5.85. The Morgan fingerprint density at radius 2 is 2.05 bits per heavy atom. The Bertz CT molecular complexity index is 515. The van der Waals surface area contributed by atoms with Crippen LogP contribution in [0.3, 0.4) is 0 Å². The maximum absolute atomic E-state index is 11.6. The number of nitrogens with one attached hydrogen (secondary N) is 1. The summed E-state index contributed by atoms with van der Waals surface area (Å²) in [6.45, 7) is 5.34. The van der Waals surface area contributed by atoms with Gasteiger partial charge in [-0.3, -0.25) is 5.32 Å². The maximum atomic E-state index is 11.6. The van der Waals surface area contributed by atoms with Gasteiger partial charge >= 0.3 is 6.09 Å². The fraction of sp³-hybridized carbons (Fsp3) is 0.533. The summed E-state index contributed by atoms with van der Waals surface area (Å²) in [6, 6.07) is 4.86. The summed E-state index contributed by atoms with van der Waals surface area (Å²) < 4.78 is 5.13. The second kappa shape index (κ2) is 4.98. The standard InChI is InChI=1S/C15H21NO4/c1-14(2,3)20-13(18)16-11-5-4-10(12(17)8-11)9-15(19)6-7-15/h4-5,8,17,19H,6-7,9H2,1-3H3,(H,16,18). The molecule has 1 aliphatic rings. The third-order valence-electron chi connectivity index (χ3n) is 3.08. The molecule has 0 aliphatic heterocycles. The van der Waals surface area contributed by atoms with Crippen molar-refractivity contribution in [2.24, 2.45) is 0 Å². The van der Waals surface area contributed by atoms with Gasteiger partial charge in [0.05, 0.1) is 5.60 Å². The third-order valence-corrected chi connectivity index (χ3v) is 3.08. The van der Waals surface area contributed by atoms with Gasteiger partial charge in [-0.1, -0.05) is 6.07 Å². The van der Waals surface area contributed by atoms with Crippen molar-refractivity contribution >= 4 is 11.8 Å². The number of benzene rings is 1. The van der Waals surface area contributed by atoms with Gasteiger partial charge in [0.2, 0.25) is 0 Å². The lowest BCUT2D eigenvalue weighted by Gasteiger charge is -2.20. The second-order valence-corrected chi connectivity index (χ2v) is 6.37. The van der Waals surface area contributed by atoms with E-state index in [2.05, 4.69) is 5.32 Å². The van der Waals surface area contributed by atoms with E-state index in [4.69, 9.17) is 4.74 Å². The molecule has 3 N–H and O–H groups in total. The van der Waals surface area contributed by atoms with Gasteiger partial charge in [0.25, 0.3) is 0 Å². The summed E-state index contributed by atoms with van der Waals surface area (Å²) in [6.07, 6.45) is 1.41. The minimum atomic E-state index is -0.655. The highest BCUT2D eigenvalue weighted by atomic mass is 16.6. The van der Waals surface area contributed by atoms with Crippen molar-refractivity contribution in [3.63, 3.8) is 0 Å². The van der Waals surface area contributed by atoms with Crippen LogP contribution in [-0.2, 0) is 11.2 Å². The number of carbonyl (C=O) groups excluding carboxylic acids is 1. The van der Waals surface area contributed by atoms with Crippen LogP contribution < -0.4 is 5.32 Å². The number of carbonyl (C=O) groups is 1. The van der Waals surface area contributed by atoms with E-state index in [1.165, 1.54) is 6.07 Å². The normalized spacial score (nSPS) is 16.6. The molecule has 20 heavy (non-hydrogen) atoms. The van der Waals surface area contributed by atoms with Gasteiger partial charge in [-0.25, -0.2) is 4.79 Å². The molecule has 0 heterocycles. The van der Waals surface area contributed by atoms with Gasteiger partial charge < -0.3 is 14.9 Å². The Morgan fingerprint density at radius 1 is 1.40 bits per heavy atom. The molecule has 0 unspecified atom stereocenters. The van der Waals surface area contributed by atoms with E-state index in [0.29, 0.717) is 17.7 Å². The molecule has 1 aromatic carbocycles. The molecule has 0 atom stereocenters. The van der Waals surface area contributed by atoms with Gasteiger partial charge in [-0.2, -0.15) is 0 Å². The summed E-state index contributed by atoms with van der Waals surface area (Å²) in [5.74, 6) is 0.0684. The lowest BCUT2D eigenvalue weighted by Crippen LogP contribution is -2.27. The minimum absolute atomic E-state index is 0.0684. The summed E-state index contributed by atoms with van der Waals surface area (Å²) in [7, 11) is 0. The van der Waals surface area contributed by atoms with E-state index in [1.54, 1.807) is 32.9 Å². The molecule has 0 bridgehead atoms. The Balaban J connectivity index is 2.00. The fourth-order valence-corrected chi connectivity index (χ4v) is 1.89. The van der Waals surface area contributed by atoms with Crippen molar-refractivity contribution in [2.45, 2.75) is 51.2 Å². The van der Waals surface area contributed by atoms with Crippen LogP contribution in [0.25, 0.3) is 0 Å². The number of phenols is 1. The topological polar surface area (TPSA) is 78.8 Å². The molecule has 0 spiro atoms. The molecule has 1 aliphatic carbocycles. The van der Waals surface area contributed by atoms with Crippen LogP contribution in [0.15, 0.2) is 18.2 Å². The molecule has 5 heteroatoms. The molecule has 0 aromatic heterocycles. The van der Waals surface area contributed by atoms with Crippen LogP contribution in [0.4, 0.5) is 10.5 Å². The van der Waals surface area contributed by atoms with Crippen LogP contribution in [-0.4, -0.2) is 27.5 Å². The predicted octanol–water partition coefficient (Wildman–Crippen LogP) is 2.81. The number of anilines is 1. The molecular formula is C15H21NO4. The van der Waals surface area contributed by atoms with E-state index in [9.17, 15) is 15.0 Å². The Labute approximate surface area is 118 Å². The van der Waals surface area contributed by atoms with Gasteiger partial charge in [0, 0.05) is 18.2 Å². The first-order valence-corrected chi connectivity index (χ1v) is 6.71. The number of aromatic hydroxyl groups is 1. The van der Waals surface area contributed by atoms with Crippen LogP contribution in [0.1, 0.15) is 39.2 Å². The van der Waals surface area contributed by atoms with E-state index < -0.39 is 17.3 Å². The predicted molar refractivity (Wildman–Crippen MR) is 75.9 cm³/mol. The Morgan fingerprint density at radius 3 is 2.55 bits per heavy atom. The maximum Gasteiger partial charge on any atom is 0.412 e. The van der Waals surface area contributed by atoms with Crippen molar-refractivity contribution in [3.05, 3.63) is 23.8 Å². The average molecular weight is 279 g/mol. The molecule has 110 valence electrons. The largest absolute Gasteiger partial charge is 0.508 e. The molecule has 1 saturated carbocycles. The SMILES string of the molecule is CC(C)(C)OC(=O)Nc1ccc(CC2(O)CC2)c(O)c1. The van der Waals surface area contributed by atoms with Gasteiger partial charge in [-0.15, -0.1) is 0 Å². The third kappa shape index (κ3) is 4.13. The molecule has 1 aromatic rings. The fourth-order valence-electron chi connectivity index (χ4n) is 1.89. The molecule has 1 amide bonds. The number of ether oxygens (including phenoxy) is 1. The summed E-state index contributed by atoms with van der Waals surface area (Å²) in [5, 5.41) is 22.3. The van der Waals surface area contributed by atoms with Crippen molar-refractivity contribution in [2.75, 3.05) is 5.32 Å². The summed E-state index contributed by atoms with van der Waals surface area (Å²) in [5.41, 5.74) is -0.0816. The number of aliphatic hydroxyl groups is 1. The van der Waals surface area contributed by atoms with Crippen LogP contribution in [0, 0.1) is 0 Å². The quantitative estimate of drug-likeness (QED) is 0.795. The first kappa shape index (κ1) is 14.7. The van der Waals surface area contributed by atoms with Crippen molar-refractivity contribution in [3.8, 4) is 5.75 Å². The monoisotopic (exact) mass is 279 g/mol. The zero-order valence-electron chi connectivity index (χ0n) is 12.1. The van der Waals surface area contributed by atoms with E-state index in [-0.39, 0.29) is 5.75 Å². The van der Waals surface area contributed by atoms with Crippen molar-refractivity contribution in [1.82, 2.24) is 0 Å². The lowest BCUT2D eigenvalue weighted by molar-refractivity contribution is 0.0636. The molecule has 0 saturated heterocycles. The highest BCUT2D eigenvalue weighted by Crippen LogP contribution is 2.40. The number of amides is 1. The zero-order chi connectivity index (χ0) is 15.0. The minimum Gasteiger partial charge on any atom is -0.508 e. The lowest BCUT2D eigenvalue weighted by atomic mass is 10.0. The van der Waals surface area contributed by atoms with Crippen molar-refractivity contribution < 1.29 is 19.7 Å². The van der Waals surface area contributed by atoms with Crippen LogP contribution in [0.5, 0.6) is 5.75 Å².